The van der Waals surface area contributed by atoms with Gasteiger partial charge < -0.3 is 15.0 Å². The molecule has 0 saturated carbocycles. The highest BCUT2D eigenvalue weighted by atomic mass is 16.6. The summed E-state index contributed by atoms with van der Waals surface area (Å²) in [5.41, 5.74) is -1.61. The van der Waals surface area contributed by atoms with E-state index in [0.29, 0.717) is 13.0 Å². The van der Waals surface area contributed by atoms with Crippen LogP contribution >= 0.6 is 0 Å². The summed E-state index contributed by atoms with van der Waals surface area (Å²) in [5, 5.41) is 2.64. The first kappa shape index (κ1) is 14.4. The van der Waals surface area contributed by atoms with E-state index in [1.165, 1.54) is 0 Å². The second-order valence-electron chi connectivity index (χ2n) is 5.57. The molecule has 100 valence electrons. The lowest BCUT2D eigenvalue weighted by Crippen LogP contribution is -2.54. The summed E-state index contributed by atoms with van der Waals surface area (Å²) in [6.07, 6.45) is 5.36. The van der Waals surface area contributed by atoms with Gasteiger partial charge in [-0.1, -0.05) is 0 Å². The molecule has 0 aromatic rings. The number of nitrogens with one attached hydrogen (secondary N) is 1. The van der Waals surface area contributed by atoms with Crippen LogP contribution in [-0.2, 0) is 9.53 Å². The predicted molar refractivity (Wildman–Crippen MR) is 67.8 cm³/mol. The van der Waals surface area contributed by atoms with Crippen molar-refractivity contribution in [1.82, 2.24) is 10.2 Å². The molecule has 2 amide bonds. The van der Waals surface area contributed by atoms with Crippen LogP contribution in [0.3, 0.4) is 0 Å². The van der Waals surface area contributed by atoms with Gasteiger partial charge in [-0.2, -0.15) is 0 Å². The van der Waals surface area contributed by atoms with E-state index >= 15 is 0 Å². The van der Waals surface area contributed by atoms with Crippen molar-refractivity contribution < 1.29 is 14.3 Å². The third kappa shape index (κ3) is 3.16. The molecule has 0 aromatic carbocycles. The third-order valence-electron chi connectivity index (χ3n) is 2.77. The van der Waals surface area contributed by atoms with E-state index in [9.17, 15) is 9.59 Å². The summed E-state index contributed by atoms with van der Waals surface area (Å²) < 4.78 is 5.17. The van der Waals surface area contributed by atoms with Crippen molar-refractivity contribution in [3.63, 3.8) is 0 Å². The van der Waals surface area contributed by atoms with Crippen LogP contribution in [0.5, 0.6) is 0 Å². The van der Waals surface area contributed by atoms with E-state index in [4.69, 9.17) is 11.2 Å². The fraction of sp³-hybridized carbons (Fsp3) is 0.692. The Morgan fingerprint density at radius 1 is 1.61 bits per heavy atom. The van der Waals surface area contributed by atoms with Crippen LogP contribution in [0, 0.1) is 12.3 Å². The molecule has 0 bridgehead atoms. The van der Waals surface area contributed by atoms with Crippen LogP contribution in [0.25, 0.3) is 0 Å². The van der Waals surface area contributed by atoms with Gasteiger partial charge in [0, 0.05) is 20.0 Å². The maximum atomic E-state index is 12.1. The number of terminal acetylenes is 1. The number of nitrogens with zero attached hydrogens (tertiary/aromatic N) is 1. The molecule has 5 nitrogen and oxygen atoms in total. The molecule has 0 unspecified atom stereocenters. The maximum absolute atomic E-state index is 12.1. The molecule has 0 spiro atoms. The SMILES string of the molecule is C#CC[C@@]1(NC(=O)OC(C)(C)C)CCN(C)C1=O. The minimum Gasteiger partial charge on any atom is -0.444 e. The Morgan fingerprint density at radius 3 is 2.61 bits per heavy atom. The van der Waals surface area contributed by atoms with Gasteiger partial charge in [0.1, 0.15) is 11.1 Å². The molecule has 1 N–H and O–H groups in total. The van der Waals surface area contributed by atoms with Gasteiger partial charge in [-0.15, -0.1) is 12.3 Å². The molecule has 1 aliphatic rings. The van der Waals surface area contributed by atoms with E-state index in [1.54, 1.807) is 32.7 Å². The van der Waals surface area contributed by atoms with Crippen LogP contribution in [0.2, 0.25) is 0 Å². The number of rotatable bonds is 2. The zero-order valence-corrected chi connectivity index (χ0v) is 11.4. The molecule has 1 rings (SSSR count). The van der Waals surface area contributed by atoms with Gasteiger partial charge in [-0.05, 0) is 27.2 Å². The number of likely N-dealkylation sites (tertiary alicyclic amines) is 1. The number of carbonyl (C=O) groups is 2. The Bertz CT molecular complexity index is 392. The lowest BCUT2D eigenvalue weighted by Gasteiger charge is -2.28. The van der Waals surface area contributed by atoms with Crippen LogP contribution < -0.4 is 5.32 Å². The number of alkyl carbamates (subject to hydrolysis) is 1. The Hall–Kier alpha value is -1.70. The first-order chi connectivity index (χ1) is 8.20. The Balaban J connectivity index is 2.80. The van der Waals surface area contributed by atoms with E-state index in [0.717, 1.165) is 0 Å². The number of hydrogen-bond donors (Lipinski definition) is 1. The van der Waals surface area contributed by atoms with Crippen molar-refractivity contribution in [3.05, 3.63) is 0 Å². The second kappa shape index (κ2) is 4.89. The summed E-state index contributed by atoms with van der Waals surface area (Å²) in [5.74, 6) is 2.29. The summed E-state index contributed by atoms with van der Waals surface area (Å²) in [6, 6.07) is 0. The maximum Gasteiger partial charge on any atom is 0.408 e. The predicted octanol–water partition coefficient (Wildman–Crippen LogP) is 1.14. The van der Waals surface area contributed by atoms with Crippen molar-refractivity contribution in [1.29, 1.82) is 0 Å². The molecular weight excluding hydrogens is 232 g/mol. The third-order valence-corrected chi connectivity index (χ3v) is 2.77. The molecular formula is C13H20N2O3. The minimum atomic E-state index is -1.01. The fourth-order valence-corrected chi connectivity index (χ4v) is 1.93. The van der Waals surface area contributed by atoms with Crippen LogP contribution in [-0.4, -0.2) is 41.6 Å². The van der Waals surface area contributed by atoms with Crippen LogP contribution in [0.4, 0.5) is 4.79 Å². The van der Waals surface area contributed by atoms with Crippen molar-refractivity contribution in [2.24, 2.45) is 0 Å². The largest absolute Gasteiger partial charge is 0.444 e. The van der Waals surface area contributed by atoms with E-state index in [1.807, 2.05) is 0 Å². The number of likely N-dealkylation sites (N-methyl/N-ethyl adjacent to an activating group) is 1. The van der Waals surface area contributed by atoms with Crippen molar-refractivity contribution in [2.75, 3.05) is 13.6 Å². The van der Waals surface area contributed by atoms with Gasteiger partial charge in [0.2, 0.25) is 5.91 Å². The first-order valence-electron chi connectivity index (χ1n) is 5.90. The quantitative estimate of drug-likeness (QED) is 0.750. The van der Waals surface area contributed by atoms with Gasteiger partial charge in [0.05, 0.1) is 0 Å². The number of hydrogen-bond acceptors (Lipinski definition) is 3. The van der Waals surface area contributed by atoms with Crippen molar-refractivity contribution >= 4 is 12.0 Å². The monoisotopic (exact) mass is 252 g/mol. The van der Waals surface area contributed by atoms with Crippen LogP contribution in [0.15, 0.2) is 0 Å². The van der Waals surface area contributed by atoms with Gasteiger partial charge in [-0.3, -0.25) is 4.79 Å². The molecule has 0 aliphatic carbocycles. The summed E-state index contributed by atoms with van der Waals surface area (Å²) in [4.78, 5) is 25.4. The molecule has 1 fully saturated rings. The van der Waals surface area contributed by atoms with E-state index < -0.39 is 17.2 Å². The second-order valence-corrected chi connectivity index (χ2v) is 5.57. The van der Waals surface area contributed by atoms with Crippen molar-refractivity contribution in [3.8, 4) is 12.3 Å². The standard InChI is InChI=1S/C13H20N2O3/c1-6-7-13(8-9-15(5)10(13)16)14-11(17)18-12(2,3)4/h1H,7-9H2,2-5H3,(H,14,17)/t13-/m1/s1. The fourth-order valence-electron chi connectivity index (χ4n) is 1.93. The number of carbonyl (C=O) groups excluding carboxylic acids is 2. The minimum absolute atomic E-state index is 0.161. The average Bonchev–Trinajstić information content (AvgIpc) is 2.45. The highest BCUT2D eigenvalue weighted by Gasteiger charge is 2.46. The zero-order chi connectivity index (χ0) is 14.0. The lowest BCUT2D eigenvalue weighted by molar-refractivity contribution is -0.132. The van der Waals surface area contributed by atoms with Gasteiger partial charge in [0.15, 0.2) is 0 Å². The van der Waals surface area contributed by atoms with E-state index in [-0.39, 0.29) is 12.3 Å². The summed E-state index contributed by atoms with van der Waals surface area (Å²) in [7, 11) is 1.69. The smallest absolute Gasteiger partial charge is 0.408 e. The lowest BCUT2D eigenvalue weighted by atomic mass is 9.94. The molecule has 1 atom stereocenters. The first-order valence-corrected chi connectivity index (χ1v) is 5.90. The summed E-state index contributed by atoms with van der Waals surface area (Å²) in [6.45, 7) is 5.88. The summed E-state index contributed by atoms with van der Waals surface area (Å²) >= 11 is 0. The number of ether oxygens (including phenoxy) is 1. The molecule has 0 aromatic heterocycles. The zero-order valence-electron chi connectivity index (χ0n) is 11.4. The van der Waals surface area contributed by atoms with Crippen molar-refractivity contribution in [2.45, 2.75) is 44.8 Å². The molecule has 1 aliphatic heterocycles. The normalized spacial score (nSPS) is 23.7. The highest BCUT2D eigenvalue weighted by molar-refractivity contribution is 5.92. The molecule has 1 saturated heterocycles. The number of amides is 2. The van der Waals surface area contributed by atoms with Gasteiger partial charge >= 0.3 is 6.09 Å². The highest BCUT2D eigenvalue weighted by Crippen LogP contribution is 2.25. The van der Waals surface area contributed by atoms with Gasteiger partial charge in [-0.25, -0.2) is 4.79 Å². The molecule has 0 radical (unpaired) electrons. The molecule has 5 heteroatoms. The van der Waals surface area contributed by atoms with Gasteiger partial charge in [0.25, 0.3) is 0 Å². The van der Waals surface area contributed by atoms with E-state index in [2.05, 4.69) is 11.2 Å². The Morgan fingerprint density at radius 2 is 2.22 bits per heavy atom. The van der Waals surface area contributed by atoms with Crippen LogP contribution in [0.1, 0.15) is 33.6 Å². The Labute approximate surface area is 108 Å². The molecule has 1 heterocycles. The molecule has 18 heavy (non-hydrogen) atoms. The average molecular weight is 252 g/mol. The topological polar surface area (TPSA) is 58.6 Å². The Kier molecular flexibility index (Phi) is 3.90.